The Morgan fingerprint density at radius 3 is 2.47 bits per heavy atom. The SMILES string of the molecule is O=C(O)COC1CCC(N2CCNCC2)CC1. The van der Waals surface area contributed by atoms with E-state index in [4.69, 9.17) is 9.84 Å². The van der Waals surface area contributed by atoms with E-state index >= 15 is 0 Å². The Kier molecular flexibility index (Phi) is 4.76. The molecule has 1 saturated carbocycles. The van der Waals surface area contributed by atoms with Gasteiger partial charge in [-0.05, 0) is 25.7 Å². The van der Waals surface area contributed by atoms with Crippen molar-refractivity contribution >= 4 is 5.97 Å². The second-order valence-electron chi connectivity index (χ2n) is 4.92. The van der Waals surface area contributed by atoms with Crippen LogP contribution in [0.25, 0.3) is 0 Å². The van der Waals surface area contributed by atoms with Gasteiger partial charge in [0.1, 0.15) is 6.61 Å². The Morgan fingerprint density at radius 2 is 1.88 bits per heavy atom. The van der Waals surface area contributed by atoms with Gasteiger partial charge in [-0.2, -0.15) is 0 Å². The largest absolute Gasteiger partial charge is 0.480 e. The smallest absolute Gasteiger partial charge is 0.329 e. The zero-order valence-electron chi connectivity index (χ0n) is 10.2. The average molecular weight is 242 g/mol. The van der Waals surface area contributed by atoms with Gasteiger partial charge >= 0.3 is 5.97 Å². The number of rotatable bonds is 4. The number of nitrogens with zero attached hydrogens (tertiary/aromatic N) is 1. The molecule has 0 bridgehead atoms. The predicted octanol–water partition coefficient (Wildman–Crippen LogP) is 0.304. The van der Waals surface area contributed by atoms with E-state index in [1.165, 1.54) is 0 Å². The molecular formula is C12H22N2O3. The summed E-state index contributed by atoms with van der Waals surface area (Å²) in [7, 11) is 0. The van der Waals surface area contributed by atoms with Crippen LogP contribution in [0.2, 0.25) is 0 Å². The highest BCUT2D eigenvalue weighted by Crippen LogP contribution is 2.25. The van der Waals surface area contributed by atoms with Crippen LogP contribution < -0.4 is 5.32 Å². The van der Waals surface area contributed by atoms with Crippen molar-refractivity contribution in [2.24, 2.45) is 0 Å². The number of hydrogen-bond donors (Lipinski definition) is 2. The van der Waals surface area contributed by atoms with Crippen LogP contribution in [-0.4, -0.2) is 60.9 Å². The Morgan fingerprint density at radius 1 is 1.24 bits per heavy atom. The van der Waals surface area contributed by atoms with Gasteiger partial charge in [0.05, 0.1) is 6.10 Å². The van der Waals surface area contributed by atoms with E-state index < -0.39 is 5.97 Å². The molecule has 1 aliphatic heterocycles. The molecule has 2 fully saturated rings. The second-order valence-corrected chi connectivity index (χ2v) is 4.92. The molecule has 0 radical (unpaired) electrons. The number of nitrogens with one attached hydrogen (secondary N) is 1. The minimum Gasteiger partial charge on any atom is -0.480 e. The summed E-state index contributed by atoms with van der Waals surface area (Å²) in [6, 6.07) is 0.682. The lowest BCUT2D eigenvalue weighted by atomic mass is 9.91. The van der Waals surface area contributed by atoms with Gasteiger partial charge < -0.3 is 15.2 Å². The van der Waals surface area contributed by atoms with Gasteiger partial charge in [-0.1, -0.05) is 0 Å². The fourth-order valence-corrected chi connectivity index (χ4v) is 2.81. The van der Waals surface area contributed by atoms with E-state index in [9.17, 15) is 4.79 Å². The maximum atomic E-state index is 10.4. The number of aliphatic carboxylic acids is 1. The average Bonchev–Trinajstić information content (AvgIpc) is 2.38. The Hall–Kier alpha value is -0.650. The van der Waals surface area contributed by atoms with Crippen molar-refractivity contribution in [1.29, 1.82) is 0 Å². The fourth-order valence-electron chi connectivity index (χ4n) is 2.81. The highest BCUT2D eigenvalue weighted by atomic mass is 16.5. The highest BCUT2D eigenvalue weighted by molar-refractivity contribution is 5.68. The maximum Gasteiger partial charge on any atom is 0.329 e. The number of carbonyl (C=O) groups is 1. The molecule has 1 heterocycles. The minimum atomic E-state index is -0.866. The summed E-state index contributed by atoms with van der Waals surface area (Å²) >= 11 is 0. The van der Waals surface area contributed by atoms with Crippen molar-refractivity contribution in [1.82, 2.24) is 10.2 Å². The molecule has 0 aromatic heterocycles. The molecule has 5 heteroatoms. The monoisotopic (exact) mass is 242 g/mol. The van der Waals surface area contributed by atoms with Crippen molar-refractivity contribution in [2.45, 2.75) is 37.8 Å². The molecule has 98 valence electrons. The molecular weight excluding hydrogens is 220 g/mol. The molecule has 0 aromatic rings. The van der Waals surface area contributed by atoms with E-state index in [-0.39, 0.29) is 12.7 Å². The number of piperazine rings is 1. The molecule has 1 saturated heterocycles. The molecule has 17 heavy (non-hydrogen) atoms. The van der Waals surface area contributed by atoms with Crippen LogP contribution in [-0.2, 0) is 9.53 Å². The lowest BCUT2D eigenvalue weighted by Crippen LogP contribution is -2.49. The first-order valence-electron chi connectivity index (χ1n) is 6.54. The van der Waals surface area contributed by atoms with Crippen LogP contribution in [0.15, 0.2) is 0 Å². The zero-order valence-corrected chi connectivity index (χ0v) is 10.2. The van der Waals surface area contributed by atoms with Crippen LogP contribution in [0.1, 0.15) is 25.7 Å². The van der Waals surface area contributed by atoms with Crippen LogP contribution >= 0.6 is 0 Å². The molecule has 5 nitrogen and oxygen atoms in total. The third-order valence-electron chi connectivity index (χ3n) is 3.75. The van der Waals surface area contributed by atoms with Crippen LogP contribution in [0.3, 0.4) is 0 Å². The number of carboxylic acids is 1. The number of hydrogen-bond acceptors (Lipinski definition) is 4. The van der Waals surface area contributed by atoms with Crippen molar-refractivity contribution < 1.29 is 14.6 Å². The topological polar surface area (TPSA) is 61.8 Å². The zero-order chi connectivity index (χ0) is 12.1. The molecule has 0 spiro atoms. The molecule has 2 N–H and O–H groups in total. The first-order valence-corrected chi connectivity index (χ1v) is 6.54. The number of carboxylic acid groups (broad SMARTS) is 1. The van der Waals surface area contributed by atoms with Crippen LogP contribution in [0, 0.1) is 0 Å². The standard InChI is InChI=1S/C12H22N2O3/c15-12(16)9-17-11-3-1-10(2-4-11)14-7-5-13-6-8-14/h10-11,13H,1-9H2,(H,15,16). The van der Waals surface area contributed by atoms with E-state index in [2.05, 4.69) is 10.2 Å². The molecule has 0 amide bonds. The molecule has 2 rings (SSSR count). The van der Waals surface area contributed by atoms with Crippen molar-refractivity contribution in [3.05, 3.63) is 0 Å². The summed E-state index contributed by atoms with van der Waals surface area (Å²) in [5, 5.41) is 11.9. The van der Waals surface area contributed by atoms with Crippen molar-refractivity contribution in [2.75, 3.05) is 32.8 Å². The van der Waals surface area contributed by atoms with E-state index in [1.54, 1.807) is 0 Å². The molecule has 1 aliphatic carbocycles. The fraction of sp³-hybridized carbons (Fsp3) is 0.917. The van der Waals surface area contributed by atoms with E-state index in [0.717, 1.165) is 51.9 Å². The third kappa shape index (κ3) is 3.94. The summed E-state index contributed by atoms with van der Waals surface area (Å²) in [4.78, 5) is 13.0. The molecule has 0 unspecified atom stereocenters. The minimum absolute atomic E-state index is 0.150. The summed E-state index contributed by atoms with van der Waals surface area (Å²) in [6.07, 6.45) is 4.45. The van der Waals surface area contributed by atoms with Gasteiger partial charge in [-0.25, -0.2) is 4.79 Å². The van der Waals surface area contributed by atoms with Gasteiger partial charge in [-0.3, -0.25) is 4.90 Å². The molecule has 0 aromatic carbocycles. The molecule has 2 aliphatic rings. The third-order valence-corrected chi connectivity index (χ3v) is 3.75. The van der Waals surface area contributed by atoms with Gasteiger partial charge in [0, 0.05) is 32.2 Å². The van der Waals surface area contributed by atoms with Crippen LogP contribution in [0.5, 0.6) is 0 Å². The first-order chi connectivity index (χ1) is 8.25. The van der Waals surface area contributed by atoms with Crippen molar-refractivity contribution in [3.63, 3.8) is 0 Å². The van der Waals surface area contributed by atoms with Gasteiger partial charge in [0.25, 0.3) is 0 Å². The van der Waals surface area contributed by atoms with Gasteiger partial charge in [0.15, 0.2) is 0 Å². The van der Waals surface area contributed by atoms with Gasteiger partial charge in [-0.15, -0.1) is 0 Å². The van der Waals surface area contributed by atoms with E-state index in [0.29, 0.717) is 6.04 Å². The van der Waals surface area contributed by atoms with Crippen molar-refractivity contribution in [3.8, 4) is 0 Å². The lowest BCUT2D eigenvalue weighted by Gasteiger charge is -2.38. The summed E-state index contributed by atoms with van der Waals surface area (Å²) in [5.74, 6) is -0.866. The molecule has 0 atom stereocenters. The Labute approximate surface area is 102 Å². The van der Waals surface area contributed by atoms with E-state index in [1.807, 2.05) is 0 Å². The summed E-state index contributed by atoms with van der Waals surface area (Å²) in [5.41, 5.74) is 0. The first kappa shape index (κ1) is 12.8. The highest BCUT2D eigenvalue weighted by Gasteiger charge is 2.27. The summed E-state index contributed by atoms with van der Waals surface area (Å²) in [6.45, 7) is 4.32. The number of ether oxygens (including phenoxy) is 1. The predicted molar refractivity (Wildman–Crippen MR) is 64.1 cm³/mol. The maximum absolute atomic E-state index is 10.4. The lowest BCUT2D eigenvalue weighted by molar-refractivity contribution is -0.145. The second kappa shape index (κ2) is 6.33. The normalized spacial score (nSPS) is 31.3. The van der Waals surface area contributed by atoms with Gasteiger partial charge in [0.2, 0.25) is 0 Å². The quantitative estimate of drug-likeness (QED) is 0.742. The van der Waals surface area contributed by atoms with Crippen LogP contribution in [0.4, 0.5) is 0 Å². The summed E-state index contributed by atoms with van der Waals surface area (Å²) < 4.78 is 5.35. The Bertz CT molecular complexity index is 246. The Balaban J connectivity index is 1.68.